The third-order valence-corrected chi connectivity index (χ3v) is 5.47. The average Bonchev–Trinajstić information content (AvgIpc) is 2.70. The maximum Gasteiger partial charge on any atom is 0.337 e. The molecule has 0 saturated heterocycles. The lowest BCUT2D eigenvalue weighted by atomic mass is 9.99. The maximum atomic E-state index is 13.1. The van der Waals surface area contributed by atoms with Crippen molar-refractivity contribution < 1.29 is 14.4 Å². The van der Waals surface area contributed by atoms with Crippen molar-refractivity contribution in [2.45, 2.75) is 26.4 Å². The van der Waals surface area contributed by atoms with E-state index in [0.717, 1.165) is 36.3 Å². The second-order valence-electron chi connectivity index (χ2n) is 7.18. The van der Waals surface area contributed by atoms with Crippen LogP contribution in [0.2, 0.25) is 0 Å². The minimum atomic E-state index is -0.434. The summed E-state index contributed by atoms with van der Waals surface area (Å²) in [6.07, 6.45) is 1.03. The summed E-state index contributed by atoms with van der Waals surface area (Å²) < 4.78 is 4.78. The fourth-order valence-corrected chi connectivity index (χ4v) is 3.95. The number of H-pyrrole nitrogens is 1. The molecule has 2 heterocycles. The highest BCUT2D eigenvalue weighted by molar-refractivity contribution is 5.94. The summed E-state index contributed by atoms with van der Waals surface area (Å²) in [6, 6.07) is 13.6. The molecule has 5 nitrogen and oxygen atoms in total. The fraction of sp³-hybridized carbons (Fsp3) is 0.273. The highest BCUT2D eigenvalue weighted by Crippen LogP contribution is 2.15. The number of hydrogen-bond acceptors (Lipinski definition) is 3. The fourth-order valence-electron chi connectivity index (χ4n) is 3.95. The van der Waals surface area contributed by atoms with Crippen LogP contribution in [0.4, 0.5) is 0 Å². The molecule has 1 aliphatic heterocycles. The number of methoxy groups -OCH3 is 1. The normalized spacial score (nSPS) is 16.1. The van der Waals surface area contributed by atoms with Gasteiger partial charge in [0.1, 0.15) is 13.1 Å². The summed E-state index contributed by atoms with van der Waals surface area (Å²) in [5.74, 6) is -0.434. The van der Waals surface area contributed by atoms with Crippen molar-refractivity contribution in [1.82, 2.24) is 4.98 Å². The molecular formula is C22H23N2O3+. The Labute approximate surface area is 157 Å². The smallest absolute Gasteiger partial charge is 0.337 e. The number of carbonyl (C=O) groups excluding carboxylic acids is 1. The molecule has 1 aliphatic rings. The predicted molar refractivity (Wildman–Crippen MR) is 104 cm³/mol. The second-order valence-corrected chi connectivity index (χ2v) is 7.18. The predicted octanol–water partition coefficient (Wildman–Crippen LogP) is 1.76. The molecule has 138 valence electrons. The van der Waals surface area contributed by atoms with Crippen LogP contribution in [0.3, 0.4) is 0 Å². The molecule has 0 aliphatic carbocycles. The van der Waals surface area contributed by atoms with Gasteiger partial charge in [0, 0.05) is 28.6 Å². The molecule has 3 aromatic rings. The SMILES string of the molecule is COC(=O)c1ccc2[nH]c(C)c(C[NH+]3CCc4ccccc4C3)c(=O)c2c1. The number of carbonyl (C=O) groups is 1. The molecule has 4 rings (SSSR count). The molecule has 0 saturated carbocycles. The van der Waals surface area contributed by atoms with E-state index in [4.69, 9.17) is 4.74 Å². The highest BCUT2D eigenvalue weighted by atomic mass is 16.5. The van der Waals surface area contributed by atoms with Crippen LogP contribution in [0.1, 0.15) is 32.7 Å². The molecule has 2 N–H and O–H groups in total. The minimum Gasteiger partial charge on any atom is -0.465 e. The van der Waals surface area contributed by atoms with E-state index in [0.29, 0.717) is 17.5 Å². The number of benzene rings is 2. The monoisotopic (exact) mass is 363 g/mol. The summed E-state index contributed by atoms with van der Waals surface area (Å²) in [5, 5.41) is 0.537. The summed E-state index contributed by atoms with van der Waals surface area (Å²) in [7, 11) is 1.34. The number of aromatic nitrogens is 1. The first kappa shape index (κ1) is 17.5. The Morgan fingerprint density at radius 2 is 1.96 bits per heavy atom. The molecule has 0 fully saturated rings. The van der Waals surface area contributed by atoms with Crippen molar-refractivity contribution in [2.24, 2.45) is 0 Å². The van der Waals surface area contributed by atoms with Gasteiger partial charge in [0.15, 0.2) is 5.43 Å². The Morgan fingerprint density at radius 3 is 2.74 bits per heavy atom. The Morgan fingerprint density at radius 1 is 1.19 bits per heavy atom. The molecule has 1 atom stereocenters. The summed E-state index contributed by atoms with van der Waals surface area (Å²) in [5.41, 5.74) is 5.59. The van der Waals surface area contributed by atoms with Gasteiger partial charge in [-0.05, 0) is 30.7 Å². The molecule has 0 amide bonds. The first-order chi connectivity index (χ1) is 13.1. The number of esters is 1. The lowest BCUT2D eigenvalue weighted by Crippen LogP contribution is -3.10. The summed E-state index contributed by atoms with van der Waals surface area (Å²) in [6.45, 7) is 4.56. The zero-order chi connectivity index (χ0) is 19.0. The lowest BCUT2D eigenvalue weighted by Gasteiger charge is -2.26. The van der Waals surface area contributed by atoms with Crippen LogP contribution in [0.25, 0.3) is 10.9 Å². The van der Waals surface area contributed by atoms with Crippen LogP contribution >= 0.6 is 0 Å². The topological polar surface area (TPSA) is 63.6 Å². The Hall–Kier alpha value is -2.92. The van der Waals surface area contributed by atoms with Crippen LogP contribution in [0.5, 0.6) is 0 Å². The molecule has 0 radical (unpaired) electrons. The van der Waals surface area contributed by atoms with E-state index in [1.54, 1.807) is 18.2 Å². The van der Waals surface area contributed by atoms with E-state index in [1.807, 2.05) is 6.92 Å². The number of hydrogen-bond donors (Lipinski definition) is 2. The molecule has 0 spiro atoms. The van der Waals surface area contributed by atoms with E-state index >= 15 is 0 Å². The number of pyridine rings is 1. The largest absolute Gasteiger partial charge is 0.465 e. The van der Waals surface area contributed by atoms with Crippen molar-refractivity contribution >= 4 is 16.9 Å². The molecule has 1 aromatic heterocycles. The van der Waals surface area contributed by atoms with E-state index in [1.165, 1.54) is 23.1 Å². The molecule has 5 heteroatoms. The van der Waals surface area contributed by atoms with Gasteiger partial charge in [-0.2, -0.15) is 0 Å². The van der Waals surface area contributed by atoms with Gasteiger partial charge in [0.2, 0.25) is 0 Å². The number of quaternary nitrogens is 1. The molecule has 0 bridgehead atoms. The van der Waals surface area contributed by atoms with Crippen LogP contribution in [0, 0.1) is 6.92 Å². The van der Waals surface area contributed by atoms with Crippen molar-refractivity contribution in [1.29, 1.82) is 0 Å². The van der Waals surface area contributed by atoms with Crippen LogP contribution in [-0.4, -0.2) is 24.6 Å². The van der Waals surface area contributed by atoms with Gasteiger partial charge < -0.3 is 14.6 Å². The van der Waals surface area contributed by atoms with E-state index in [9.17, 15) is 9.59 Å². The highest BCUT2D eigenvalue weighted by Gasteiger charge is 2.22. The van der Waals surface area contributed by atoms with Crippen molar-refractivity contribution in [3.05, 3.63) is 80.6 Å². The lowest BCUT2D eigenvalue weighted by molar-refractivity contribution is -0.929. The van der Waals surface area contributed by atoms with Gasteiger partial charge in [0.25, 0.3) is 0 Å². The molecule has 27 heavy (non-hydrogen) atoms. The van der Waals surface area contributed by atoms with Crippen LogP contribution in [-0.2, 0) is 24.2 Å². The van der Waals surface area contributed by atoms with E-state index in [-0.39, 0.29) is 5.43 Å². The van der Waals surface area contributed by atoms with Crippen LogP contribution in [0.15, 0.2) is 47.3 Å². The third-order valence-electron chi connectivity index (χ3n) is 5.47. The van der Waals surface area contributed by atoms with Gasteiger partial charge in [-0.25, -0.2) is 4.79 Å². The van der Waals surface area contributed by atoms with Crippen LogP contribution < -0.4 is 10.3 Å². The number of aryl methyl sites for hydroxylation is 1. The van der Waals surface area contributed by atoms with Gasteiger partial charge in [0.05, 0.1) is 24.8 Å². The Balaban J connectivity index is 1.69. The van der Waals surface area contributed by atoms with Crippen molar-refractivity contribution in [3.63, 3.8) is 0 Å². The quantitative estimate of drug-likeness (QED) is 0.697. The Kier molecular flexibility index (Phi) is 4.54. The van der Waals surface area contributed by atoms with Gasteiger partial charge >= 0.3 is 5.97 Å². The van der Waals surface area contributed by atoms with Gasteiger partial charge in [-0.1, -0.05) is 24.3 Å². The maximum absolute atomic E-state index is 13.1. The summed E-state index contributed by atoms with van der Waals surface area (Å²) >= 11 is 0. The first-order valence-electron chi connectivity index (χ1n) is 9.21. The molecule has 1 unspecified atom stereocenters. The zero-order valence-corrected chi connectivity index (χ0v) is 15.6. The van der Waals surface area contributed by atoms with E-state index in [2.05, 4.69) is 29.2 Å². The van der Waals surface area contributed by atoms with Gasteiger partial charge in [-0.15, -0.1) is 0 Å². The first-order valence-corrected chi connectivity index (χ1v) is 9.21. The third kappa shape index (κ3) is 3.26. The van der Waals surface area contributed by atoms with Crippen molar-refractivity contribution in [2.75, 3.05) is 13.7 Å². The number of nitrogens with one attached hydrogen (secondary N) is 2. The molecular weight excluding hydrogens is 340 g/mol. The number of aromatic amines is 1. The Bertz CT molecular complexity index is 1080. The molecule has 2 aromatic carbocycles. The zero-order valence-electron chi connectivity index (χ0n) is 15.6. The second kappa shape index (κ2) is 7.00. The van der Waals surface area contributed by atoms with Crippen molar-refractivity contribution in [3.8, 4) is 0 Å². The average molecular weight is 363 g/mol. The number of fused-ring (bicyclic) bond motifs is 2. The number of ether oxygens (including phenoxy) is 1. The van der Waals surface area contributed by atoms with Gasteiger partial charge in [-0.3, -0.25) is 4.79 Å². The standard InChI is InChI=1S/C22H22N2O3/c1-14-19(13-24-10-9-15-5-3-4-6-17(15)12-24)21(25)18-11-16(22(26)27-2)7-8-20(18)23-14/h3-8,11H,9-10,12-13H2,1-2H3,(H,23,25)/p+1. The number of rotatable bonds is 3. The summed E-state index contributed by atoms with van der Waals surface area (Å²) in [4.78, 5) is 29.7. The van der Waals surface area contributed by atoms with E-state index < -0.39 is 5.97 Å². The minimum absolute atomic E-state index is 0.00152.